The van der Waals surface area contributed by atoms with Gasteiger partial charge in [0.2, 0.25) is 0 Å². The highest BCUT2D eigenvalue weighted by Gasteiger charge is 2.10. The van der Waals surface area contributed by atoms with E-state index in [1.54, 1.807) is 6.26 Å². The highest BCUT2D eigenvalue weighted by Crippen LogP contribution is 2.17. The molecule has 1 N–H and O–H groups in total. The fourth-order valence-corrected chi connectivity index (χ4v) is 2.47. The Hall–Kier alpha value is -1.33. The smallest absolute Gasteiger partial charge is 0.297 e. The third-order valence-electron chi connectivity index (χ3n) is 3.03. The monoisotopic (exact) mass is 351 g/mol. The van der Waals surface area contributed by atoms with Gasteiger partial charge >= 0.3 is 0 Å². The van der Waals surface area contributed by atoms with E-state index < -0.39 is 0 Å². The van der Waals surface area contributed by atoms with Crippen molar-refractivity contribution >= 4 is 21.9 Å². The van der Waals surface area contributed by atoms with Gasteiger partial charge in [0, 0.05) is 24.6 Å². The van der Waals surface area contributed by atoms with Crippen LogP contribution in [-0.2, 0) is 13.1 Å². The first-order valence-corrected chi connectivity index (χ1v) is 7.94. The van der Waals surface area contributed by atoms with Crippen LogP contribution < -0.4 is 10.2 Å². The van der Waals surface area contributed by atoms with Crippen LogP contribution in [-0.4, -0.2) is 18.6 Å². The Morgan fingerprint density at radius 2 is 2.19 bits per heavy atom. The summed E-state index contributed by atoms with van der Waals surface area (Å²) in [5, 5.41) is 3.36. The highest BCUT2D eigenvalue weighted by molar-refractivity contribution is 9.10. The number of nitrogens with one attached hydrogen (secondary N) is 1. The molecule has 0 saturated carbocycles. The number of hydrogen-bond acceptors (Lipinski definition) is 4. The zero-order valence-electron chi connectivity index (χ0n) is 12.8. The van der Waals surface area contributed by atoms with Crippen molar-refractivity contribution in [2.75, 3.05) is 18.5 Å². The van der Waals surface area contributed by atoms with Crippen molar-refractivity contribution in [1.29, 1.82) is 0 Å². The molecule has 5 heteroatoms. The normalized spacial score (nSPS) is 11.1. The maximum absolute atomic E-state index is 5.55. The van der Waals surface area contributed by atoms with Crippen molar-refractivity contribution in [3.05, 3.63) is 46.3 Å². The van der Waals surface area contributed by atoms with Gasteiger partial charge in [0.15, 0.2) is 0 Å². The van der Waals surface area contributed by atoms with E-state index in [9.17, 15) is 0 Å². The number of anilines is 1. The van der Waals surface area contributed by atoms with Gasteiger partial charge in [-0.2, -0.15) is 4.98 Å². The number of nitrogens with zero attached hydrogens (tertiary/aromatic N) is 2. The maximum atomic E-state index is 5.55. The van der Waals surface area contributed by atoms with Crippen molar-refractivity contribution in [1.82, 2.24) is 10.3 Å². The molecule has 1 heterocycles. The molecule has 0 fully saturated rings. The molecule has 0 aliphatic heterocycles. The molecule has 0 unspecified atom stereocenters. The second-order valence-electron chi connectivity index (χ2n) is 5.63. The van der Waals surface area contributed by atoms with E-state index in [4.69, 9.17) is 4.42 Å². The van der Waals surface area contributed by atoms with Gasteiger partial charge in [-0.3, -0.25) is 0 Å². The Labute approximate surface area is 134 Å². The summed E-state index contributed by atoms with van der Waals surface area (Å²) in [7, 11) is 1.98. The average Bonchev–Trinajstić information content (AvgIpc) is 2.87. The van der Waals surface area contributed by atoms with Crippen LogP contribution in [0.1, 0.15) is 25.1 Å². The lowest BCUT2D eigenvalue weighted by molar-refractivity contribution is 0.535. The standard InChI is InChI=1S/C16H22BrN3O/c1-12(2)8-18-9-15-11-21-16(19-15)20(3)10-13-5-4-6-14(17)7-13/h4-7,11-12,18H,8-10H2,1-3H3. The fraction of sp³-hybridized carbons (Fsp3) is 0.438. The Morgan fingerprint density at radius 1 is 1.38 bits per heavy atom. The Kier molecular flexibility index (Phi) is 5.82. The maximum Gasteiger partial charge on any atom is 0.297 e. The lowest BCUT2D eigenvalue weighted by Gasteiger charge is -2.14. The number of halogens is 1. The second kappa shape index (κ2) is 7.61. The summed E-state index contributed by atoms with van der Waals surface area (Å²) in [6, 6.07) is 8.90. The molecule has 1 aromatic carbocycles. The van der Waals surface area contributed by atoms with E-state index in [0.29, 0.717) is 11.9 Å². The Bertz CT molecular complexity index is 568. The minimum Gasteiger partial charge on any atom is -0.432 e. The van der Waals surface area contributed by atoms with Gasteiger partial charge in [-0.05, 0) is 30.2 Å². The van der Waals surface area contributed by atoms with Gasteiger partial charge in [0.1, 0.15) is 6.26 Å². The molecule has 0 atom stereocenters. The molecule has 0 amide bonds. The van der Waals surface area contributed by atoms with Crippen molar-refractivity contribution in [3.8, 4) is 0 Å². The number of aromatic nitrogens is 1. The zero-order chi connectivity index (χ0) is 15.2. The van der Waals surface area contributed by atoms with Crippen LogP contribution in [0.3, 0.4) is 0 Å². The van der Waals surface area contributed by atoms with E-state index in [-0.39, 0.29) is 0 Å². The van der Waals surface area contributed by atoms with Gasteiger partial charge in [-0.15, -0.1) is 0 Å². The van der Waals surface area contributed by atoms with Crippen LogP contribution in [0.15, 0.2) is 39.4 Å². The Morgan fingerprint density at radius 3 is 2.90 bits per heavy atom. The predicted octanol–water partition coefficient (Wildman–Crippen LogP) is 3.82. The largest absolute Gasteiger partial charge is 0.432 e. The van der Waals surface area contributed by atoms with Gasteiger partial charge in [-0.1, -0.05) is 41.9 Å². The van der Waals surface area contributed by atoms with Crippen molar-refractivity contribution in [2.24, 2.45) is 5.92 Å². The molecule has 0 aliphatic rings. The predicted molar refractivity (Wildman–Crippen MR) is 89.3 cm³/mol. The number of rotatable bonds is 7. The molecule has 0 spiro atoms. The Balaban J connectivity index is 1.91. The second-order valence-corrected chi connectivity index (χ2v) is 6.55. The highest BCUT2D eigenvalue weighted by atomic mass is 79.9. The summed E-state index contributed by atoms with van der Waals surface area (Å²) in [6.07, 6.45) is 1.72. The minimum absolute atomic E-state index is 0.635. The summed E-state index contributed by atoms with van der Waals surface area (Å²) in [4.78, 5) is 6.52. The molecule has 114 valence electrons. The molecule has 0 bridgehead atoms. The summed E-state index contributed by atoms with van der Waals surface area (Å²) in [5.74, 6) is 0.635. The van der Waals surface area contributed by atoms with E-state index in [2.05, 4.69) is 52.2 Å². The topological polar surface area (TPSA) is 41.3 Å². The van der Waals surface area contributed by atoms with Crippen LogP contribution in [0.2, 0.25) is 0 Å². The first-order chi connectivity index (χ1) is 10.0. The average molecular weight is 352 g/mol. The first kappa shape index (κ1) is 16.0. The van der Waals surface area contributed by atoms with Crippen molar-refractivity contribution < 1.29 is 4.42 Å². The molecular formula is C16H22BrN3O. The summed E-state index contributed by atoms with van der Waals surface area (Å²) >= 11 is 3.49. The number of hydrogen-bond donors (Lipinski definition) is 1. The zero-order valence-corrected chi connectivity index (χ0v) is 14.4. The lowest BCUT2D eigenvalue weighted by Crippen LogP contribution is -2.20. The SMILES string of the molecule is CC(C)CNCc1coc(N(C)Cc2cccc(Br)c2)n1. The first-order valence-electron chi connectivity index (χ1n) is 7.15. The van der Waals surface area contributed by atoms with Crippen molar-refractivity contribution in [2.45, 2.75) is 26.9 Å². The number of benzene rings is 1. The van der Waals surface area contributed by atoms with Gasteiger partial charge in [0.25, 0.3) is 6.01 Å². The minimum atomic E-state index is 0.635. The van der Waals surface area contributed by atoms with Crippen LogP contribution in [0, 0.1) is 5.92 Å². The molecule has 2 rings (SSSR count). The summed E-state index contributed by atoms with van der Waals surface area (Å²) < 4.78 is 6.63. The van der Waals surface area contributed by atoms with E-state index >= 15 is 0 Å². The molecule has 4 nitrogen and oxygen atoms in total. The molecular weight excluding hydrogens is 330 g/mol. The van der Waals surface area contributed by atoms with Gasteiger partial charge in [0.05, 0.1) is 5.69 Å². The summed E-state index contributed by atoms with van der Waals surface area (Å²) in [6.45, 7) is 6.86. The van der Waals surface area contributed by atoms with E-state index in [1.807, 2.05) is 24.1 Å². The lowest BCUT2D eigenvalue weighted by atomic mass is 10.2. The van der Waals surface area contributed by atoms with Crippen LogP contribution in [0.4, 0.5) is 6.01 Å². The summed E-state index contributed by atoms with van der Waals surface area (Å²) in [5.41, 5.74) is 2.15. The quantitative estimate of drug-likeness (QED) is 0.823. The fourth-order valence-electron chi connectivity index (χ4n) is 2.02. The molecule has 0 radical (unpaired) electrons. The molecule has 0 saturated heterocycles. The van der Waals surface area contributed by atoms with Gasteiger partial charge in [-0.25, -0.2) is 0 Å². The number of oxazole rings is 1. The molecule has 1 aromatic heterocycles. The van der Waals surface area contributed by atoms with Crippen LogP contribution in [0.5, 0.6) is 0 Å². The third-order valence-corrected chi connectivity index (χ3v) is 3.53. The van der Waals surface area contributed by atoms with E-state index in [1.165, 1.54) is 5.56 Å². The molecule has 0 aliphatic carbocycles. The van der Waals surface area contributed by atoms with Crippen molar-refractivity contribution in [3.63, 3.8) is 0 Å². The van der Waals surface area contributed by atoms with Gasteiger partial charge < -0.3 is 14.6 Å². The third kappa shape index (κ3) is 5.17. The van der Waals surface area contributed by atoms with E-state index in [0.717, 1.165) is 29.8 Å². The van der Waals surface area contributed by atoms with Crippen LogP contribution in [0.25, 0.3) is 0 Å². The molecule has 21 heavy (non-hydrogen) atoms. The molecule has 2 aromatic rings. The van der Waals surface area contributed by atoms with Crippen LogP contribution >= 0.6 is 15.9 Å².